The Labute approximate surface area is 190 Å². The molecule has 0 aliphatic heterocycles. The summed E-state index contributed by atoms with van der Waals surface area (Å²) in [5.41, 5.74) is 4.80. The van der Waals surface area contributed by atoms with Gasteiger partial charge in [0, 0.05) is 28.1 Å². The van der Waals surface area contributed by atoms with Crippen LogP contribution in [0.5, 0.6) is 0 Å². The third-order valence-electron chi connectivity index (χ3n) is 5.44. The monoisotopic (exact) mass is 457 g/mol. The molecule has 5 nitrogen and oxygen atoms in total. The smallest absolute Gasteiger partial charge is 0.407 e. The van der Waals surface area contributed by atoms with E-state index in [1.54, 1.807) is 6.07 Å². The van der Waals surface area contributed by atoms with Crippen LogP contribution in [-0.2, 0) is 4.74 Å². The number of ether oxygens (including phenoxy) is 1. The van der Waals surface area contributed by atoms with Gasteiger partial charge in [0.1, 0.15) is 18.8 Å². The summed E-state index contributed by atoms with van der Waals surface area (Å²) in [4.78, 5) is 12.2. The number of aliphatic hydroxyl groups excluding tert-OH is 2. The molecule has 0 fully saturated rings. The Kier molecular flexibility index (Phi) is 6.49. The number of rotatable bonds is 6. The molecule has 3 aromatic carbocycles. The number of alkyl carbamates (subject to hydrolysis) is 1. The van der Waals surface area contributed by atoms with Gasteiger partial charge in [-0.2, -0.15) is 0 Å². The molecule has 2 atom stereocenters. The van der Waals surface area contributed by atoms with Gasteiger partial charge in [-0.15, -0.1) is 0 Å². The Balaban J connectivity index is 1.35. The molecular formula is C24H21Cl2NO4. The average Bonchev–Trinajstić information content (AvgIpc) is 3.11. The van der Waals surface area contributed by atoms with Gasteiger partial charge in [0.05, 0.1) is 0 Å². The number of hydrogen-bond acceptors (Lipinski definition) is 4. The summed E-state index contributed by atoms with van der Waals surface area (Å²) in [7, 11) is 0. The van der Waals surface area contributed by atoms with Crippen LogP contribution in [0.2, 0.25) is 10.0 Å². The van der Waals surface area contributed by atoms with Gasteiger partial charge in [0.15, 0.2) is 0 Å². The minimum absolute atomic E-state index is 0.0565. The lowest BCUT2D eigenvalue weighted by Crippen LogP contribution is -2.36. The molecule has 160 valence electrons. The summed E-state index contributed by atoms with van der Waals surface area (Å²) in [6, 6.07) is 20.7. The topological polar surface area (TPSA) is 78.8 Å². The first kappa shape index (κ1) is 21.7. The SMILES string of the molecule is O=C(NCC(O)C(O)c1cc(Cl)ccc1Cl)OCC1c2ccccc2-c2ccccc21. The Hall–Kier alpha value is -2.57. The number of benzene rings is 3. The summed E-state index contributed by atoms with van der Waals surface area (Å²) in [6.07, 6.45) is -3.26. The summed E-state index contributed by atoms with van der Waals surface area (Å²) < 4.78 is 5.43. The lowest BCUT2D eigenvalue weighted by Gasteiger charge is -2.20. The Morgan fingerprint density at radius 2 is 1.58 bits per heavy atom. The van der Waals surface area contributed by atoms with Crippen molar-refractivity contribution >= 4 is 29.3 Å². The number of carbonyl (C=O) groups is 1. The van der Waals surface area contributed by atoms with Crippen molar-refractivity contribution in [3.8, 4) is 11.1 Å². The summed E-state index contributed by atoms with van der Waals surface area (Å²) in [5.74, 6) is -0.0565. The number of carbonyl (C=O) groups excluding carboxylic acids is 1. The van der Waals surface area contributed by atoms with Gasteiger partial charge in [0.25, 0.3) is 0 Å². The van der Waals surface area contributed by atoms with E-state index in [0.717, 1.165) is 22.3 Å². The Morgan fingerprint density at radius 3 is 2.23 bits per heavy atom. The number of aliphatic hydroxyl groups is 2. The molecule has 4 rings (SSSR count). The highest BCUT2D eigenvalue weighted by molar-refractivity contribution is 6.33. The summed E-state index contributed by atoms with van der Waals surface area (Å²) in [5, 5.41) is 23.7. The summed E-state index contributed by atoms with van der Waals surface area (Å²) in [6.45, 7) is -0.0423. The third-order valence-corrected chi connectivity index (χ3v) is 6.02. The molecule has 1 amide bonds. The van der Waals surface area contributed by atoms with Crippen LogP contribution >= 0.6 is 23.2 Å². The maximum absolute atomic E-state index is 12.2. The van der Waals surface area contributed by atoms with Crippen LogP contribution in [0.3, 0.4) is 0 Å². The molecule has 1 aliphatic rings. The van der Waals surface area contributed by atoms with E-state index in [-0.39, 0.29) is 29.7 Å². The highest BCUT2D eigenvalue weighted by atomic mass is 35.5. The maximum Gasteiger partial charge on any atom is 0.407 e. The van der Waals surface area contributed by atoms with Crippen molar-refractivity contribution < 1.29 is 19.7 Å². The second-order valence-electron chi connectivity index (χ2n) is 7.38. The number of fused-ring (bicyclic) bond motifs is 3. The van der Waals surface area contributed by atoms with E-state index < -0.39 is 18.3 Å². The molecule has 0 saturated heterocycles. The van der Waals surface area contributed by atoms with Crippen molar-refractivity contribution in [2.75, 3.05) is 13.2 Å². The molecular weight excluding hydrogens is 437 g/mol. The Morgan fingerprint density at radius 1 is 0.968 bits per heavy atom. The fourth-order valence-electron chi connectivity index (χ4n) is 3.90. The fraction of sp³-hybridized carbons (Fsp3) is 0.208. The lowest BCUT2D eigenvalue weighted by atomic mass is 9.98. The molecule has 0 heterocycles. The summed E-state index contributed by atoms with van der Waals surface area (Å²) >= 11 is 12.0. The van der Waals surface area contributed by atoms with Gasteiger partial charge in [-0.25, -0.2) is 4.79 Å². The van der Waals surface area contributed by atoms with Gasteiger partial charge in [0.2, 0.25) is 0 Å². The standard InChI is InChI=1S/C24H21Cl2NO4/c25-14-9-10-21(26)19(11-14)23(29)22(28)12-27-24(30)31-13-20-17-7-3-1-5-15(17)16-6-2-4-8-18(16)20/h1-11,20,22-23,28-29H,12-13H2,(H,27,30). The van der Waals surface area contributed by atoms with Crippen LogP contribution < -0.4 is 5.32 Å². The molecule has 7 heteroatoms. The molecule has 0 aromatic heterocycles. The normalized spacial score (nSPS) is 14.5. The number of hydrogen-bond donors (Lipinski definition) is 3. The van der Waals surface area contributed by atoms with Crippen molar-refractivity contribution in [2.24, 2.45) is 0 Å². The van der Waals surface area contributed by atoms with Gasteiger partial charge in [-0.3, -0.25) is 0 Å². The van der Waals surface area contributed by atoms with Crippen molar-refractivity contribution in [1.82, 2.24) is 5.32 Å². The maximum atomic E-state index is 12.2. The first-order valence-electron chi connectivity index (χ1n) is 9.85. The van der Waals surface area contributed by atoms with Gasteiger partial charge in [-0.05, 0) is 40.5 Å². The molecule has 3 aromatic rings. The quantitative estimate of drug-likeness (QED) is 0.490. The van der Waals surface area contributed by atoms with Crippen LogP contribution in [0.25, 0.3) is 11.1 Å². The van der Waals surface area contributed by atoms with E-state index >= 15 is 0 Å². The highest BCUT2D eigenvalue weighted by Gasteiger charge is 2.29. The van der Waals surface area contributed by atoms with Crippen molar-refractivity contribution in [1.29, 1.82) is 0 Å². The van der Waals surface area contributed by atoms with Crippen molar-refractivity contribution in [3.63, 3.8) is 0 Å². The lowest BCUT2D eigenvalue weighted by molar-refractivity contribution is 0.0186. The molecule has 0 bridgehead atoms. The number of halogens is 2. The molecule has 0 saturated carbocycles. The van der Waals surface area contributed by atoms with E-state index in [2.05, 4.69) is 17.4 Å². The average molecular weight is 458 g/mol. The number of amides is 1. The zero-order valence-corrected chi connectivity index (χ0v) is 18.0. The van der Waals surface area contributed by atoms with Crippen LogP contribution in [0.4, 0.5) is 4.79 Å². The molecule has 31 heavy (non-hydrogen) atoms. The van der Waals surface area contributed by atoms with Gasteiger partial charge in [-0.1, -0.05) is 71.7 Å². The van der Waals surface area contributed by atoms with E-state index in [0.29, 0.717) is 5.02 Å². The van der Waals surface area contributed by atoms with Crippen LogP contribution in [0.1, 0.15) is 28.7 Å². The van der Waals surface area contributed by atoms with E-state index in [1.165, 1.54) is 12.1 Å². The van der Waals surface area contributed by atoms with Crippen LogP contribution in [0, 0.1) is 0 Å². The second kappa shape index (κ2) is 9.28. The molecule has 0 spiro atoms. The minimum atomic E-state index is -1.31. The fourth-order valence-corrected chi connectivity index (χ4v) is 4.31. The molecule has 3 N–H and O–H groups in total. The third kappa shape index (κ3) is 4.55. The second-order valence-corrected chi connectivity index (χ2v) is 8.23. The predicted molar refractivity (Wildman–Crippen MR) is 121 cm³/mol. The largest absolute Gasteiger partial charge is 0.449 e. The zero-order valence-electron chi connectivity index (χ0n) is 16.5. The van der Waals surface area contributed by atoms with Crippen molar-refractivity contribution in [2.45, 2.75) is 18.1 Å². The van der Waals surface area contributed by atoms with E-state index in [9.17, 15) is 15.0 Å². The van der Waals surface area contributed by atoms with E-state index in [4.69, 9.17) is 27.9 Å². The van der Waals surface area contributed by atoms with Gasteiger partial charge < -0.3 is 20.3 Å². The molecule has 0 radical (unpaired) electrons. The minimum Gasteiger partial charge on any atom is -0.449 e. The Bertz CT molecular complexity index is 1060. The molecule has 2 unspecified atom stereocenters. The number of nitrogens with one attached hydrogen (secondary N) is 1. The van der Waals surface area contributed by atoms with E-state index in [1.807, 2.05) is 36.4 Å². The first-order chi connectivity index (χ1) is 15.0. The first-order valence-corrected chi connectivity index (χ1v) is 10.6. The van der Waals surface area contributed by atoms with Crippen LogP contribution in [-0.4, -0.2) is 35.6 Å². The van der Waals surface area contributed by atoms with Crippen molar-refractivity contribution in [3.05, 3.63) is 93.5 Å². The predicted octanol–water partition coefficient (Wildman–Crippen LogP) is 4.93. The van der Waals surface area contributed by atoms with Gasteiger partial charge >= 0.3 is 6.09 Å². The highest BCUT2D eigenvalue weighted by Crippen LogP contribution is 2.44. The zero-order chi connectivity index (χ0) is 22.0. The molecule has 1 aliphatic carbocycles. The van der Waals surface area contributed by atoms with Crippen LogP contribution in [0.15, 0.2) is 66.7 Å².